The van der Waals surface area contributed by atoms with E-state index in [1.54, 1.807) is 0 Å². The Labute approximate surface area is 85.4 Å². The van der Waals surface area contributed by atoms with E-state index in [2.05, 4.69) is 15.3 Å². The second kappa shape index (κ2) is 3.38. The lowest BCUT2D eigenvalue weighted by molar-refractivity contribution is -0.137. The van der Waals surface area contributed by atoms with Crippen LogP contribution in [0.15, 0.2) is 17.2 Å². The van der Waals surface area contributed by atoms with Crippen molar-refractivity contribution in [1.82, 2.24) is 9.97 Å². The van der Waals surface area contributed by atoms with Crippen LogP contribution in [0.3, 0.4) is 0 Å². The van der Waals surface area contributed by atoms with Gasteiger partial charge in [-0.25, -0.2) is 4.98 Å². The van der Waals surface area contributed by atoms with E-state index in [9.17, 15) is 9.59 Å². The Hall–Kier alpha value is -1.85. The summed E-state index contributed by atoms with van der Waals surface area (Å²) in [6.45, 7) is 0. The molecule has 0 bridgehead atoms. The summed E-state index contributed by atoms with van der Waals surface area (Å²) in [6, 6.07) is 1.32. The van der Waals surface area contributed by atoms with Gasteiger partial charge in [-0.1, -0.05) is 0 Å². The number of aromatic amines is 1. The molecule has 0 atom stereocenters. The molecule has 0 aromatic carbocycles. The number of hydrogen-bond acceptors (Lipinski definition) is 4. The van der Waals surface area contributed by atoms with Crippen LogP contribution in [0.25, 0.3) is 0 Å². The average Bonchev–Trinajstić information content (AvgIpc) is 2.83. The summed E-state index contributed by atoms with van der Waals surface area (Å²) in [5.41, 5.74) is -0.647. The van der Waals surface area contributed by atoms with Gasteiger partial charge >= 0.3 is 5.97 Å². The number of carboxylic acids is 1. The second-order valence-corrected chi connectivity index (χ2v) is 3.77. The minimum Gasteiger partial charge on any atom is -0.481 e. The molecule has 2 rings (SSSR count). The van der Waals surface area contributed by atoms with Crippen LogP contribution in [-0.2, 0) is 4.79 Å². The van der Waals surface area contributed by atoms with Gasteiger partial charge in [0.05, 0.1) is 12.7 Å². The molecule has 0 radical (unpaired) electrons. The highest BCUT2D eigenvalue weighted by Crippen LogP contribution is 2.41. The number of aliphatic carboxylic acids is 1. The maximum atomic E-state index is 11.0. The largest absolute Gasteiger partial charge is 0.481 e. The van der Waals surface area contributed by atoms with Gasteiger partial charge in [-0.2, -0.15) is 0 Å². The van der Waals surface area contributed by atoms with Gasteiger partial charge in [0, 0.05) is 11.6 Å². The SMILES string of the molecule is O=C(O)CC1(Nc2cc(=O)[nH]cn2)CC1. The summed E-state index contributed by atoms with van der Waals surface area (Å²) in [5.74, 6) is -0.414. The Morgan fingerprint density at radius 3 is 2.93 bits per heavy atom. The Balaban J connectivity index is 2.09. The van der Waals surface area contributed by atoms with E-state index in [1.807, 2.05) is 0 Å². The number of nitrogens with one attached hydrogen (secondary N) is 2. The van der Waals surface area contributed by atoms with Gasteiger partial charge in [0.1, 0.15) is 5.82 Å². The molecule has 1 saturated carbocycles. The molecular weight excluding hydrogens is 198 g/mol. The molecule has 1 fully saturated rings. The van der Waals surface area contributed by atoms with Crippen molar-refractivity contribution in [3.05, 3.63) is 22.7 Å². The molecular formula is C9H11N3O3. The van der Waals surface area contributed by atoms with Crippen molar-refractivity contribution in [1.29, 1.82) is 0 Å². The summed E-state index contributed by atoms with van der Waals surface area (Å²) < 4.78 is 0. The van der Waals surface area contributed by atoms with Gasteiger partial charge in [0.15, 0.2) is 0 Å². The lowest BCUT2D eigenvalue weighted by atomic mass is 10.2. The van der Waals surface area contributed by atoms with Crippen molar-refractivity contribution in [2.75, 3.05) is 5.32 Å². The van der Waals surface area contributed by atoms with Crippen LogP contribution in [0.5, 0.6) is 0 Å². The number of hydrogen-bond donors (Lipinski definition) is 3. The van der Waals surface area contributed by atoms with Crippen molar-refractivity contribution < 1.29 is 9.90 Å². The molecule has 6 heteroatoms. The number of carbonyl (C=O) groups is 1. The first kappa shape index (κ1) is 9.70. The van der Waals surface area contributed by atoms with Crippen molar-refractivity contribution in [3.63, 3.8) is 0 Å². The van der Waals surface area contributed by atoms with Crippen LogP contribution in [0, 0.1) is 0 Å². The molecule has 6 nitrogen and oxygen atoms in total. The third-order valence-electron chi connectivity index (χ3n) is 2.41. The van der Waals surface area contributed by atoms with Crippen LogP contribution in [0.2, 0.25) is 0 Å². The first-order valence-electron chi connectivity index (χ1n) is 4.64. The van der Waals surface area contributed by atoms with Crippen LogP contribution in [0.4, 0.5) is 5.82 Å². The highest BCUT2D eigenvalue weighted by molar-refractivity contribution is 5.70. The molecule has 0 spiro atoms. The standard InChI is InChI=1S/C9H11N3O3/c13-7-3-6(10-5-11-7)12-9(1-2-9)4-8(14)15/h3,5H,1-2,4H2,(H,14,15)(H2,10,11,12,13). The summed E-state index contributed by atoms with van der Waals surface area (Å²) in [6.07, 6.45) is 2.95. The van der Waals surface area contributed by atoms with Crippen molar-refractivity contribution in [3.8, 4) is 0 Å². The zero-order chi connectivity index (χ0) is 10.9. The summed E-state index contributed by atoms with van der Waals surface area (Å²) in [7, 11) is 0. The molecule has 0 amide bonds. The van der Waals surface area contributed by atoms with Gasteiger partial charge in [-0.15, -0.1) is 0 Å². The maximum absolute atomic E-state index is 11.0. The van der Waals surface area contributed by atoms with Crippen LogP contribution in [-0.4, -0.2) is 26.6 Å². The van der Waals surface area contributed by atoms with Gasteiger partial charge in [-0.05, 0) is 12.8 Å². The molecule has 0 unspecified atom stereocenters. The predicted molar refractivity (Wildman–Crippen MR) is 52.7 cm³/mol. The van der Waals surface area contributed by atoms with Crippen LogP contribution in [0.1, 0.15) is 19.3 Å². The maximum Gasteiger partial charge on any atom is 0.305 e. The Kier molecular flexibility index (Phi) is 2.18. The number of anilines is 1. The van der Waals surface area contributed by atoms with Crippen molar-refractivity contribution >= 4 is 11.8 Å². The van der Waals surface area contributed by atoms with E-state index in [4.69, 9.17) is 5.11 Å². The lowest BCUT2D eigenvalue weighted by Gasteiger charge is -2.14. The molecule has 3 N–H and O–H groups in total. The highest BCUT2D eigenvalue weighted by Gasteiger charge is 2.44. The Bertz CT molecular complexity index is 436. The Morgan fingerprint density at radius 2 is 2.40 bits per heavy atom. The fourth-order valence-electron chi connectivity index (χ4n) is 1.49. The smallest absolute Gasteiger partial charge is 0.305 e. The summed E-state index contributed by atoms with van der Waals surface area (Å²) >= 11 is 0. The molecule has 1 aromatic heterocycles. The zero-order valence-electron chi connectivity index (χ0n) is 7.99. The number of rotatable bonds is 4. The van der Waals surface area contributed by atoms with Crippen molar-refractivity contribution in [2.45, 2.75) is 24.8 Å². The third kappa shape index (κ3) is 2.34. The normalized spacial score (nSPS) is 17.1. The molecule has 15 heavy (non-hydrogen) atoms. The van der Waals surface area contributed by atoms with E-state index < -0.39 is 11.5 Å². The van der Waals surface area contributed by atoms with Gasteiger partial charge < -0.3 is 15.4 Å². The van der Waals surface area contributed by atoms with Gasteiger partial charge in [0.25, 0.3) is 5.56 Å². The van der Waals surface area contributed by atoms with E-state index in [-0.39, 0.29) is 12.0 Å². The predicted octanol–water partition coefficient (Wildman–Crippen LogP) is 0.189. The van der Waals surface area contributed by atoms with E-state index in [1.165, 1.54) is 12.4 Å². The zero-order valence-corrected chi connectivity index (χ0v) is 7.99. The topological polar surface area (TPSA) is 95.1 Å². The summed E-state index contributed by atoms with van der Waals surface area (Å²) in [5, 5.41) is 11.7. The fraction of sp³-hybridized carbons (Fsp3) is 0.444. The van der Waals surface area contributed by atoms with E-state index in [0.29, 0.717) is 5.82 Å². The molecule has 1 aliphatic rings. The van der Waals surface area contributed by atoms with E-state index >= 15 is 0 Å². The van der Waals surface area contributed by atoms with Crippen molar-refractivity contribution in [2.24, 2.45) is 0 Å². The number of nitrogens with zero attached hydrogens (tertiary/aromatic N) is 1. The molecule has 0 aliphatic heterocycles. The van der Waals surface area contributed by atoms with Crippen LogP contribution < -0.4 is 10.9 Å². The number of H-pyrrole nitrogens is 1. The molecule has 0 saturated heterocycles. The van der Waals surface area contributed by atoms with E-state index in [0.717, 1.165) is 12.8 Å². The quantitative estimate of drug-likeness (QED) is 0.657. The number of carboxylic acid groups (broad SMARTS) is 1. The first-order chi connectivity index (χ1) is 7.10. The van der Waals surface area contributed by atoms with Gasteiger partial charge in [0.2, 0.25) is 0 Å². The minimum absolute atomic E-state index is 0.0570. The minimum atomic E-state index is -0.843. The summed E-state index contributed by atoms with van der Waals surface area (Å²) in [4.78, 5) is 27.9. The molecule has 1 heterocycles. The second-order valence-electron chi connectivity index (χ2n) is 3.77. The van der Waals surface area contributed by atoms with Crippen LogP contribution >= 0.6 is 0 Å². The fourth-order valence-corrected chi connectivity index (χ4v) is 1.49. The third-order valence-corrected chi connectivity index (χ3v) is 2.41. The number of aromatic nitrogens is 2. The van der Waals surface area contributed by atoms with Gasteiger partial charge in [-0.3, -0.25) is 9.59 Å². The lowest BCUT2D eigenvalue weighted by Crippen LogP contribution is -2.26. The molecule has 1 aliphatic carbocycles. The molecule has 80 valence electrons. The average molecular weight is 209 g/mol. The highest BCUT2D eigenvalue weighted by atomic mass is 16.4. The Morgan fingerprint density at radius 1 is 1.67 bits per heavy atom. The monoisotopic (exact) mass is 209 g/mol. The first-order valence-corrected chi connectivity index (χ1v) is 4.64. The molecule has 1 aromatic rings.